The first kappa shape index (κ1) is 17.8. The molecule has 2 amide bonds. The van der Waals surface area contributed by atoms with Crippen molar-refractivity contribution >= 4 is 67.7 Å². The number of benzene rings is 1. The Balaban J connectivity index is 1.32. The van der Waals surface area contributed by atoms with E-state index in [9.17, 15) is 9.59 Å². The summed E-state index contributed by atoms with van der Waals surface area (Å²) < 4.78 is 0. The van der Waals surface area contributed by atoms with Gasteiger partial charge in [0.1, 0.15) is 0 Å². The van der Waals surface area contributed by atoms with Gasteiger partial charge in [0.25, 0.3) is 11.8 Å². The van der Waals surface area contributed by atoms with E-state index in [4.69, 9.17) is 0 Å². The van der Waals surface area contributed by atoms with Crippen molar-refractivity contribution in [3.05, 3.63) is 81.0 Å². The van der Waals surface area contributed by atoms with Gasteiger partial charge in [-0.2, -0.15) is 0 Å². The summed E-state index contributed by atoms with van der Waals surface area (Å²) in [4.78, 5) is 35.0. The molecule has 0 unspecified atom stereocenters. The summed E-state index contributed by atoms with van der Waals surface area (Å²) in [6, 6.07) is 16.2. The van der Waals surface area contributed by atoms with Crippen molar-refractivity contribution < 1.29 is 9.59 Å². The molecule has 4 aromatic heterocycles. The summed E-state index contributed by atoms with van der Waals surface area (Å²) in [6.45, 7) is 0. The third-order valence-corrected chi connectivity index (χ3v) is 7.88. The van der Waals surface area contributed by atoms with Crippen molar-refractivity contribution in [1.29, 1.82) is 0 Å². The van der Waals surface area contributed by atoms with Crippen molar-refractivity contribution in [2.75, 3.05) is 0 Å². The fourth-order valence-corrected chi connectivity index (χ4v) is 6.12. The summed E-state index contributed by atoms with van der Waals surface area (Å²) >= 11 is 3.04. The van der Waals surface area contributed by atoms with Gasteiger partial charge < -0.3 is 20.6 Å². The van der Waals surface area contributed by atoms with Crippen molar-refractivity contribution in [3.8, 4) is 10.6 Å². The van der Waals surface area contributed by atoms with Crippen LogP contribution in [0, 0.1) is 0 Å². The van der Waals surface area contributed by atoms with Gasteiger partial charge in [-0.3, -0.25) is 9.59 Å². The monoisotopic (exact) mass is 454 g/mol. The van der Waals surface area contributed by atoms with Crippen LogP contribution in [0.4, 0.5) is 0 Å². The van der Waals surface area contributed by atoms with E-state index in [2.05, 4.69) is 44.9 Å². The number of rotatable bonds is 3. The largest absolute Gasteiger partial charge is 0.361 e. The van der Waals surface area contributed by atoms with Gasteiger partial charge >= 0.3 is 0 Å². The Bertz CT molecular complexity index is 1610. The van der Waals surface area contributed by atoms with Crippen molar-refractivity contribution in [2.45, 2.75) is 0 Å². The van der Waals surface area contributed by atoms with E-state index in [1.165, 1.54) is 11.3 Å². The maximum absolute atomic E-state index is 12.8. The molecule has 7 rings (SSSR count). The lowest BCUT2D eigenvalue weighted by Crippen LogP contribution is -2.20. The third kappa shape index (κ3) is 2.44. The molecule has 4 N–H and O–H groups in total. The highest BCUT2D eigenvalue weighted by Gasteiger charge is 2.41. The number of H-pyrrole nitrogens is 2. The van der Waals surface area contributed by atoms with E-state index in [0.717, 1.165) is 42.1 Å². The van der Waals surface area contributed by atoms with Crippen molar-refractivity contribution in [1.82, 2.24) is 20.6 Å². The molecule has 0 saturated carbocycles. The second-order valence-corrected chi connectivity index (χ2v) is 9.77. The molecular weight excluding hydrogens is 440 g/mol. The van der Waals surface area contributed by atoms with Gasteiger partial charge in [0.05, 0.1) is 42.9 Å². The summed E-state index contributed by atoms with van der Waals surface area (Å²) in [5.41, 5.74) is 5.21. The number of aromatic nitrogens is 2. The average molecular weight is 455 g/mol. The molecule has 154 valence electrons. The van der Waals surface area contributed by atoms with Crippen LogP contribution in [0.25, 0.3) is 43.8 Å². The van der Waals surface area contributed by atoms with E-state index in [-0.39, 0.29) is 11.8 Å². The predicted molar refractivity (Wildman–Crippen MR) is 128 cm³/mol. The van der Waals surface area contributed by atoms with Crippen LogP contribution in [0.1, 0.15) is 9.75 Å². The fraction of sp³-hybridized carbons (Fsp3) is 0. The highest BCUT2D eigenvalue weighted by molar-refractivity contribution is 7.16. The molecule has 6 nitrogen and oxygen atoms in total. The molecule has 0 aliphatic carbocycles. The Kier molecular flexibility index (Phi) is 3.51. The molecule has 32 heavy (non-hydrogen) atoms. The molecule has 0 saturated heterocycles. The topological polar surface area (TPSA) is 89.8 Å². The summed E-state index contributed by atoms with van der Waals surface area (Å²) in [5, 5.41) is 10.0. The zero-order valence-electron chi connectivity index (χ0n) is 16.4. The second-order valence-electron chi connectivity index (χ2n) is 7.74. The third-order valence-electron chi connectivity index (χ3n) is 5.86. The molecule has 2 aliphatic rings. The Morgan fingerprint density at radius 3 is 2.25 bits per heavy atom. The molecule has 1 aromatic carbocycles. The smallest absolute Gasteiger partial charge is 0.258 e. The van der Waals surface area contributed by atoms with Crippen LogP contribution in [0.3, 0.4) is 0 Å². The lowest BCUT2D eigenvalue weighted by atomic mass is 10.1. The molecule has 2 aliphatic heterocycles. The lowest BCUT2D eigenvalue weighted by Gasteiger charge is -2.04. The summed E-state index contributed by atoms with van der Waals surface area (Å²) in [6.07, 6.45) is 1.94. The Labute approximate surface area is 189 Å². The van der Waals surface area contributed by atoms with Gasteiger partial charge in [0.2, 0.25) is 0 Å². The molecular formula is C24H14N4O2S2. The predicted octanol–water partition coefficient (Wildman–Crippen LogP) is 4.82. The van der Waals surface area contributed by atoms with Crippen LogP contribution in [0.5, 0.6) is 0 Å². The van der Waals surface area contributed by atoms with Gasteiger partial charge in [0.15, 0.2) is 0 Å². The first-order valence-electron chi connectivity index (χ1n) is 10.0. The number of hydrogen-bond donors (Lipinski definition) is 4. The number of aromatic amines is 2. The van der Waals surface area contributed by atoms with Gasteiger partial charge in [-0.1, -0.05) is 6.07 Å². The fourth-order valence-electron chi connectivity index (χ4n) is 4.40. The molecule has 0 atom stereocenters. The van der Waals surface area contributed by atoms with Gasteiger partial charge in [-0.05, 0) is 47.8 Å². The van der Waals surface area contributed by atoms with Crippen LogP contribution in [-0.4, -0.2) is 21.8 Å². The molecule has 0 fully saturated rings. The maximum atomic E-state index is 12.8. The Morgan fingerprint density at radius 1 is 0.719 bits per heavy atom. The average Bonchev–Trinajstić information content (AvgIpc) is 3.58. The zero-order chi connectivity index (χ0) is 21.4. The first-order valence-corrected chi connectivity index (χ1v) is 11.7. The van der Waals surface area contributed by atoms with Crippen molar-refractivity contribution in [3.63, 3.8) is 0 Å². The molecule has 5 aromatic rings. The Hall–Kier alpha value is -3.88. The van der Waals surface area contributed by atoms with Crippen LogP contribution in [-0.2, 0) is 9.59 Å². The van der Waals surface area contributed by atoms with Crippen molar-refractivity contribution in [2.24, 2.45) is 0 Å². The molecule has 0 radical (unpaired) electrons. The molecule has 6 heterocycles. The zero-order valence-corrected chi connectivity index (χ0v) is 18.0. The number of carbonyl (C=O) groups is 2. The van der Waals surface area contributed by atoms with Crippen LogP contribution in [0.15, 0.2) is 71.3 Å². The van der Waals surface area contributed by atoms with E-state index in [1.807, 2.05) is 35.8 Å². The highest BCUT2D eigenvalue weighted by Crippen LogP contribution is 2.41. The van der Waals surface area contributed by atoms with Crippen LogP contribution >= 0.6 is 22.7 Å². The highest BCUT2D eigenvalue weighted by atomic mass is 32.1. The minimum Gasteiger partial charge on any atom is -0.361 e. The SMILES string of the molecule is O=C1NC(c2ccc(-c3cc4cc5[nH]ccc5cc4[nH]3)s2)=C2C(=O)NC(c3cccs3)=C12. The minimum atomic E-state index is -0.243. The standard InChI is InChI=1S/C24H14N4O2S2/c29-23-19-20(24(30)27-21(19)17-2-1-7-31-17)22(28-23)18-4-3-16(32-18)15-10-12-9-13-11(5-6-25-13)8-14(12)26-15/h1-10,25-26H,(H,27,30)(H,28,29). The van der Waals surface area contributed by atoms with Crippen LogP contribution in [0.2, 0.25) is 0 Å². The molecule has 0 bridgehead atoms. The summed E-state index contributed by atoms with van der Waals surface area (Å²) in [7, 11) is 0. The quantitative estimate of drug-likeness (QED) is 0.315. The second kappa shape index (κ2) is 6.32. The van der Waals surface area contributed by atoms with E-state index >= 15 is 0 Å². The van der Waals surface area contributed by atoms with Gasteiger partial charge in [-0.15, -0.1) is 22.7 Å². The maximum Gasteiger partial charge on any atom is 0.258 e. The molecule has 0 spiro atoms. The molecule has 8 heteroatoms. The van der Waals surface area contributed by atoms with Gasteiger partial charge in [-0.25, -0.2) is 0 Å². The summed E-state index contributed by atoms with van der Waals surface area (Å²) in [5.74, 6) is -0.486. The number of carbonyl (C=O) groups excluding carboxylic acids is 2. The van der Waals surface area contributed by atoms with E-state index in [1.54, 1.807) is 11.3 Å². The minimum absolute atomic E-state index is 0.243. The number of thiophene rings is 2. The first-order chi connectivity index (χ1) is 15.7. The number of nitrogens with one attached hydrogen (secondary N) is 4. The lowest BCUT2D eigenvalue weighted by molar-refractivity contribution is -0.117. The van der Waals surface area contributed by atoms with Gasteiger partial charge in [0, 0.05) is 28.0 Å². The van der Waals surface area contributed by atoms with E-state index < -0.39 is 0 Å². The Morgan fingerprint density at radius 2 is 1.47 bits per heavy atom. The van der Waals surface area contributed by atoms with Crippen LogP contribution < -0.4 is 10.6 Å². The number of hydrogen-bond acceptors (Lipinski definition) is 4. The number of fused-ring (bicyclic) bond motifs is 3. The van der Waals surface area contributed by atoms with E-state index in [0.29, 0.717) is 22.5 Å². The number of amides is 2. The normalized spacial score (nSPS) is 15.9.